The lowest BCUT2D eigenvalue weighted by molar-refractivity contribution is -0.183. The van der Waals surface area contributed by atoms with Gasteiger partial charge in [-0.05, 0) is 19.3 Å². The molecule has 18 heavy (non-hydrogen) atoms. The normalized spacial score (nSPS) is 40.2. The summed E-state index contributed by atoms with van der Waals surface area (Å²) in [5, 5.41) is -0.0748. The molecule has 3 heteroatoms. The summed E-state index contributed by atoms with van der Waals surface area (Å²) in [4.78, 5) is 11.9. The van der Waals surface area contributed by atoms with Crippen molar-refractivity contribution in [1.29, 1.82) is 0 Å². The van der Waals surface area contributed by atoms with Crippen LogP contribution in [0.4, 0.5) is 0 Å². The SMILES string of the molecule is CCCC(Cl)C12OC(=O)CC1(C)CCCC2(C)C. The fourth-order valence-corrected chi connectivity index (χ4v) is 5.27. The first-order chi connectivity index (χ1) is 8.29. The van der Waals surface area contributed by atoms with Crippen LogP contribution >= 0.6 is 11.6 Å². The van der Waals surface area contributed by atoms with E-state index in [9.17, 15) is 4.79 Å². The molecule has 0 aromatic rings. The zero-order valence-electron chi connectivity index (χ0n) is 12.0. The molecule has 3 atom stereocenters. The van der Waals surface area contributed by atoms with E-state index in [-0.39, 0.29) is 22.2 Å². The molecular weight excluding hydrogens is 248 g/mol. The van der Waals surface area contributed by atoms with Crippen LogP contribution in [0.2, 0.25) is 0 Å². The highest BCUT2D eigenvalue weighted by atomic mass is 35.5. The second-order valence-corrected chi connectivity index (χ2v) is 7.47. The molecule has 0 spiro atoms. The molecule has 0 N–H and O–H groups in total. The number of rotatable bonds is 3. The minimum absolute atomic E-state index is 0.0340. The summed E-state index contributed by atoms with van der Waals surface area (Å²) in [6.07, 6.45) is 5.77. The third-order valence-corrected chi connectivity index (χ3v) is 5.75. The molecule has 1 aliphatic carbocycles. The van der Waals surface area contributed by atoms with E-state index in [1.54, 1.807) is 0 Å². The van der Waals surface area contributed by atoms with E-state index in [0.29, 0.717) is 6.42 Å². The van der Waals surface area contributed by atoms with Gasteiger partial charge in [-0.1, -0.05) is 40.5 Å². The monoisotopic (exact) mass is 272 g/mol. The summed E-state index contributed by atoms with van der Waals surface area (Å²) in [5.74, 6) is -0.0609. The molecule has 1 saturated carbocycles. The van der Waals surface area contributed by atoms with Gasteiger partial charge >= 0.3 is 5.97 Å². The number of carbonyl (C=O) groups excluding carboxylic acids is 1. The number of fused-ring (bicyclic) bond motifs is 1. The average Bonchev–Trinajstić information content (AvgIpc) is 2.51. The van der Waals surface area contributed by atoms with Gasteiger partial charge in [-0.15, -0.1) is 11.6 Å². The van der Waals surface area contributed by atoms with Gasteiger partial charge in [0, 0.05) is 10.8 Å². The quantitative estimate of drug-likeness (QED) is 0.566. The molecule has 1 saturated heterocycles. The van der Waals surface area contributed by atoms with Crippen molar-refractivity contribution >= 4 is 17.6 Å². The minimum Gasteiger partial charge on any atom is -0.456 e. The van der Waals surface area contributed by atoms with Crippen molar-refractivity contribution < 1.29 is 9.53 Å². The number of carbonyl (C=O) groups is 1. The summed E-state index contributed by atoms with van der Waals surface area (Å²) in [6.45, 7) is 8.77. The Bertz CT molecular complexity index is 352. The molecule has 2 fully saturated rings. The van der Waals surface area contributed by atoms with E-state index in [2.05, 4.69) is 27.7 Å². The number of halogens is 1. The number of ether oxygens (including phenoxy) is 1. The third kappa shape index (κ3) is 1.71. The Morgan fingerprint density at radius 2 is 2.00 bits per heavy atom. The van der Waals surface area contributed by atoms with Crippen LogP contribution in [0.1, 0.15) is 66.2 Å². The molecular formula is C15H25ClO2. The van der Waals surface area contributed by atoms with Crippen molar-refractivity contribution in [3.05, 3.63) is 0 Å². The predicted octanol–water partition coefficient (Wildman–Crippen LogP) is 4.30. The molecule has 0 radical (unpaired) electrons. The first kappa shape index (κ1) is 14.2. The van der Waals surface area contributed by atoms with Gasteiger partial charge in [0.25, 0.3) is 0 Å². The van der Waals surface area contributed by atoms with Crippen LogP contribution in [-0.2, 0) is 9.53 Å². The van der Waals surface area contributed by atoms with Crippen LogP contribution in [0.3, 0.4) is 0 Å². The van der Waals surface area contributed by atoms with Crippen LogP contribution in [-0.4, -0.2) is 16.9 Å². The van der Waals surface area contributed by atoms with Crippen LogP contribution in [0.5, 0.6) is 0 Å². The van der Waals surface area contributed by atoms with E-state index in [1.807, 2.05) is 0 Å². The van der Waals surface area contributed by atoms with Crippen LogP contribution < -0.4 is 0 Å². The van der Waals surface area contributed by atoms with Gasteiger partial charge in [-0.25, -0.2) is 0 Å². The molecule has 1 aliphatic heterocycles. The lowest BCUT2D eigenvalue weighted by Crippen LogP contribution is -2.62. The highest BCUT2D eigenvalue weighted by Crippen LogP contribution is 2.63. The molecule has 2 rings (SSSR count). The lowest BCUT2D eigenvalue weighted by Gasteiger charge is -2.57. The number of hydrogen-bond donors (Lipinski definition) is 0. The van der Waals surface area contributed by atoms with E-state index < -0.39 is 5.60 Å². The van der Waals surface area contributed by atoms with Crippen molar-refractivity contribution in [2.75, 3.05) is 0 Å². The average molecular weight is 273 g/mol. The Balaban J connectivity index is 2.48. The number of hydrogen-bond acceptors (Lipinski definition) is 2. The maximum Gasteiger partial charge on any atom is 0.307 e. The van der Waals surface area contributed by atoms with Crippen LogP contribution in [0.25, 0.3) is 0 Å². The highest BCUT2D eigenvalue weighted by molar-refractivity contribution is 6.21. The fourth-order valence-electron chi connectivity index (χ4n) is 4.45. The molecule has 2 nitrogen and oxygen atoms in total. The van der Waals surface area contributed by atoms with Gasteiger partial charge in [0.2, 0.25) is 0 Å². The second kappa shape index (κ2) is 4.40. The molecule has 0 aromatic carbocycles. The van der Waals surface area contributed by atoms with Gasteiger partial charge in [0.05, 0.1) is 11.8 Å². The summed E-state index contributed by atoms with van der Waals surface area (Å²) in [5.41, 5.74) is -0.603. The first-order valence-corrected chi connectivity index (χ1v) is 7.59. The zero-order valence-corrected chi connectivity index (χ0v) is 12.8. The maximum absolute atomic E-state index is 11.9. The standard InChI is InChI=1S/C15H25ClO2/c1-5-7-11(16)15-13(2,3)8-6-9-14(15,4)10-12(17)18-15/h11H,5-10H2,1-4H3. The van der Waals surface area contributed by atoms with Gasteiger partial charge in [0.15, 0.2) is 0 Å². The Hall–Kier alpha value is -0.240. The predicted molar refractivity (Wildman–Crippen MR) is 73.7 cm³/mol. The topological polar surface area (TPSA) is 26.3 Å². The summed E-state index contributed by atoms with van der Waals surface area (Å²) in [6, 6.07) is 0. The zero-order chi connectivity index (χ0) is 13.6. The molecule has 104 valence electrons. The molecule has 2 aliphatic rings. The van der Waals surface area contributed by atoms with Gasteiger partial charge < -0.3 is 4.74 Å². The maximum atomic E-state index is 11.9. The van der Waals surface area contributed by atoms with E-state index in [0.717, 1.165) is 32.1 Å². The first-order valence-electron chi connectivity index (χ1n) is 7.15. The van der Waals surface area contributed by atoms with Gasteiger partial charge in [-0.2, -0.15) is 0 Å². The van der Waals surface area contributed by atoms with Crippen LogP contribution in [0, 0.1) is 10.8 Å². The van der Waals surface area contributed by atoms with E-state index in [4.69, 9.17) is 16.3 Å². The Morgan fingerprint density at radius 1 is 1.33 bits per heavy atom. The fraction of sp³-hybridized carbons (Fsp3) is 0.933. The largest absolute Gasteiger partial charge is 0.456 e. The minimum atomic E-state index is -0.479. The second-order valence-electron chi connectivity index (χ2n) is 6.94. The Kier molecular flexibility index (Phi) is 3.46. The van der Waals surface area contributed by atoms with Crippen LogP contribution in [0.15, 0.2) is 0 Å². The molecule has 0 bridgehead atoms. The highest BCUT2D eigenvalue weighted by Gasteiger charge is 2.68. The third-order valence-electron chi connectivity index (χ3n) is 5.22. The Morgan fingerprint density at radius 3 is 2.61 bits per heavy atom. The number of esters is 1. The smallest absolute Gasteiger partial charge is 0.307 e. The molecule has 3 unspecified atom stereocenters. The van der Waals surface area contributed by atoms with Gasteiger partial charge in [0.1, 0.15) is 5.60 Å². The van der Waals surface area contributed by atoms with Crippen molar-refractivity contribution in [3.8, 4) is 0 Å². The Labute approximate surface area is 115 Å². The van der Waals surface area contributed by atoms with Crippen molar-refractivity contribution in [3.63, 3.8) is 0 Å². The van der Waals surface area contributed by atoms with Gasteiger partial charge in [-0.3, -0.25) is 4.79 Å². The van der Waals surface area contributed by atoms with E-state index in [1.165, 1.54) is 0 Å². The summed E-state index contributed by atoms with van der Waals surface area (Å²) >= 11 is 6.71. The van der Waals surface area contributed by atoms with Crippen molar-refractivity contribution in [2.45, 2.75) is 77.2 Å². The van der Waals surface area contributed by atoms with Crippen molar-refractivity contribution in [2.24, 2.45) is 10.8 Å². The lowest BCUT2D eigenvalue weighted by atomic mass is 9.52. The molecule has 0 amide bonds. The summed E-state index contributed by atoms with van der Waals surface area (Å²) < 4.78 is 5.91. The summed E-state index contributed by atoms with van der Waals surface area (Å²) in [7, 11) is 0. The van der Waals surface area contributed by atoms with Crippen molar-refractivity contribution in [1.82, 2.24) is 0 Å². The molecule has 1 heterocycles. The molecule has 0 aromatic heterocycles. The number of alkyl halides is 1. The van der Waals surface area contributed by atoms with E-state index >= 15 is 0 Å².